The molecule has 0 amide bonds. The Morgan fingerprint density at radius 2 is 2.18 bits per heavy atom. The lowest BCUT2D eigenvalue weighted by Crippen LogP contribution is -2.41. The Labute approximate surface area is 173 Å². The zero-order valence-corrected chi connectivity index (χ0v) is 18.2. The third-order valence-electron chi connectivity index (χ3n) is 5.48. The lowest BCUT2D eigenvalue weighted by Gasteiger charge is -2.35. The number of hydrogen-bond acceptors (Lipinski definition) is 5. The Bertz CT molecular complexity index is 733. The highest BCUT2D eigenvalue weighted by Crippen LogP contribution is 2.23. The molecule has 4 nitrogen and oxygen atoms in total. The van der Waals surface area contributed by atoms with Gasteiger partial charge in [0.15, 0.2) is 5.13 Å². The fourth-order valence-corrected chi connectivity index (χ4v) is 4.83. The topological polar surface area (TPSA) is 22.6 Å². The number of benzene rings is 1. The third kappa shape index (κ3) is 6.26. The van der Waals surface area contributed by atoms with E-state index in [0.717, 1.165) is 49.8 Å². The minimum absolute atomic E-state index is 0.131. The minimum atomic E-state index is -0.131. The van der Waals surface area contributed by atoms with Crippen LogP contribution in [0.25, 0.3) is 0 Å². The Morgan fingerprint density at radius 3 is 2.89 bits per heavy atom. The van der Waals surface area contributed by atoms with Gasteiger partial charge in [-0.3, -0.25) is 4.90 Å². The molecule has 1 aliphatic rings. The predicted molar refractivity (Wildman–Crippen MR) is 117 cm³/mol. The van der Waals surface area contributed by atoms with Crippen molar-refractivity contribution in [3.8, 4) is 0 Å². The first-order chi connectivity index (χ1) is 13.5. The van der Waals surface area contributed by atoms with Gasteiger partial charge in [0, 0.05) is 51.3 Å². The number of hydrogen-bond donors (Lipinski definition) is 0. The van der Waals surface area contributed by atoms with Gasteiger partial charge in [0.2, 0.25) is 0 Å². The smallest absolute Gasteiger partial charge is 0.185 e. The van der Waals surface area contributed by atoms with Crippen molar-refractivity contribution < 1.29 is 4.39 Å². The fraction of sp³-hybridized carbons (Fsp3) is 0.591. The molecule has 2 heterocycles. The van der Waals surface area contributed by atoms with Crippen molar-refractivity contribution >= 4 is 16.5 Å². The molecular formula is C22H33FN4S. The van der Waals surface area contributed by atoms with Crippen LogP contribution in [0.15, 0.2) is 30.5 Å². The van der Waals surface area contributed by atoms with Gasteiger partial charge in [-0.25, -0.2) is 9.37 Å². The van der Waals surface area contributed by atoms with Gasteiger partial charge in [-0.1, -0.05) is 19.1 Å². The highest BCUT2D eigenvalue weighted by molar-refractivity contribution is 7.15. The van der Waals surface area contributed by atoms with E-state index in [1.807, 2.05) is 32.4 Å². The SMILES string of the molecule is CCN(Cc1cnc(N(C)C)s1)CC1CCCN(CCc2cccc(F)c2)C1. The van der Waals surface area contributed by atoms with Crippen LogP contribution in [0.1, 0.15) is 30.2 Å². The molecule has 1 fully saturated rings. The third-order valence-corrected chi connectivity index (χ3v) is 6.63. The molecule has 28 heavy (non-hydrogen) atoms. The van der Waals surface area contributed by atoms with Crippen molar-refractivity contribution in [2.45, 2.75) is 32.7 Å². The number of aromatic nitrogens is 1. The number of nitrogens with zero attached hydrogens (tertiary/aromatic N) is 4. The number of likely N-dealkylation sites (tertiary alicyclic amines) is 1. The van der Waals surface area contributed by atoms with Crippen molar-refractivity contribution in [3.63, 3.8) is 0 Å². The molecule has 1 aromatic heterocycles. The first-order valence-electron chi connectivity index (χ1n) is 10.3. The van der Waals surface area contributed by atoms with Gasteiger partial charge in [0.25, 0.3) is 0 Å². The van der Waals surface area contributed by atoms with E-state index in [1.165, 1.54) is 30.3 Å². The molecule has 0 saturated carbocycles. The Morgan fingerprint density at radius 1 is 1.32 bits per heavy atom. The van der Waals surface area contributed by atoms with Crippen LogP contribution in [0.3, 0.4) is 0 Å². The largest absolute Gasteiger partial charge is 0.354 e. The average molecular weight is 405 g/mol. The van der Waals surface area contributed by atoms with Crippen LogP contribution < -0.4 is 4.90 Å². The van der Waals surface area contributed by atoms with E-state index in [2.05, 4.69) is 26.6 Å². The van der Waals surface area contributed by atoms with Crippen LogP contribution >= 0.6 is 11.3 Å². The van der Waals surface area contributed by atoms with Gasteiger partial charge < -0.3 is 9.80 Å². The van der Waals surface area contributed by atoms with Crippen molar-refractivity contribution in [1.29, 1.82) is 0 Å². The molecular weight excluding hydrogens is 371 g/mol. The summed E-state index contributed by atoms with van der Waals surface area (Å²) in [5.74, 6) is 0.579. The molecule has 0 bridgehead atoms. The second-order valence-electron chi connectivity index (χ2n) is 8.02. The number of rotatable bonds is 9. The summed E-state index contributed by atoms with van der Waals surface area (Å²) < 4.78 is 13.4. The monoisotopic (exact) mass is 404 g/mol. The van der Waals surface area contributed by atoms with Crippen molar-refractivity contribution in [3.05, 3.63) is 46.7 Å². The first kappa shape index (κ1) is 21.2. The summed E-state index contributed by atoms with van der Waals surface area (Å²) in [5, 5.41) is 1.08. The summed E-state index contributed by atoms with van der Waals surface area (Å²) in [4.78, 5) is 13.0. The molecule has 154 valence electrons. The second kappa shape index (κ2) is 10.3. The second-order valence-corrected chi connectivity index (χ2v) is 9.11. The van der Waals surface area contributed by atoms with Crippen LogP contribution in [0.5, 0.6) is 0 Å². The molecule has 6 heteroatoms. The molecule has 0 radical (unpaired) electrons. The van der Waals surface area contributed by atoms with Gasteiger partial charge >= 0.3 is 0 Å². The predicted octanol–water partition coefficient (Wildman–Crippen LogP) is 4.12. The van der Waals surface area contributed by atoms with E-state index in [1.54, 1.807) is 17.4 Å². The molecule has 0 aliphatic carbocycles. The van der Waals surface area contributed by atoms with E-state index >= 15 is 0 Å². The highest BCUT2D eigenvalue weighted by atomic mass is 32.1. The van der Waals surface area contributed by atoms with Crippen LogP contribution in [0, 0.1) is 11.7 Å². The van der Waals surface area contributed by atoms with Crippen molar-refractivity contribution in [2.24, 2.45) is 5.92 Å². The fourth-order valence-electron chi connectivity index (χ4n) is 3.95. The van der Waals surface area contributed by atoms with Crippen molar-refractivity contribution in [2.75, 3.05) is 51.7 Å². The molecule has 1 unspecified atom stereocenters. The molecule has 1 aromatic carbocycles. The quantitative estimate of drug-likeness (QED) is 0.627. The molecule has 0 spiro atoms. The van der Waals surface area contributed by atoms with Gasteiger partial charge in [0.1, 0.15) is 5.82 Å². The molecule has 2 aromatic rings. The summed E-state index contributed by atoms with van der Waals surface area (Å²) in [5.41, 5.74) is 1.10. The minimum Gasteiger partial charge on any atom is -0.354 e. The summed E-state index contributed by atoms with van der Waals surface area (Å²) in [6, 6.07) is 7.02. The maximum Gasteiger partial charge on any atom is 0.185 e. The number of piperidine rings is 1. The zero-order chi connectivity index (χ0) is 19.9. The Hall–Kier alpha value is -1.50. The van der Waals surface area contributed by atoms with Gasteiger partial charge in [-0.15, -0.1) is 11.3 Å². The summed E-state index contributed by atoms with van der Waals surface area (Å²) in [7, 11) is 4.08. The van der Waals surface area contributed by atoms with E-state index in [-0.39, 0.29) is 5.82 Å². The summed E-state index contributed by atoms with van der Waals surface area (Å²) in [6.45, 7) is 8.78. The highest BCUT2D eigenvalue weighted by Gasteiger charge is 2.22. The lowest BCUT2D eigenvalue weighted by atomic mass is 9.97. The van der Waals surface area contributed by atoms with E-state index < -0.39 is 0 Å². The number of anilines is 1. The summed E-state index contributed by atoms with van der Waals surface area (Å²) >= 11 is 1.79. The molecule has 1 aliphatic heterocycles. The first-order valence-corrected chi connectivity index (χ1v) is 11.2. The van der Waals surface area contributed by atoms with Crippen LogP contribution in [-0.4, -0.2) is 61.6 Å². The van der Waals surface area contributed by atoms with Crippen molar-refractivity contribution in [1.82, 2.24) is 14.8 Å². The maximum absolute atomic E-state index is 13.4. The van der Waals surface area contributed by atoms with E-state index in [4.69, 9.17) is 0 Å². The Balaban J connectivity index is 1.48. The number of thiazole rings is 1. The van der Waals surface area contributed by atoms with Gasteiger partial charge in [0.05, 0.1) is 0 Å². The maximum atomic E-state index is 13.4. The molecule has 3 rings (SSSR count). The van der Waals surface area contributed by atoms with Gasteiger partial charge in [-0.2, -0.15) is 0 Å². The van der Waals surface area contributed by atoms with Crippen LogP contribution in [-0.2, 0) is 13.0 Å². The van der Waals surface area contributed by atoms with Gasteiger partial charge in [-0.05, 0) is 56.0 Å². The molecule has 1 atom stereocenters. The van der Waals surface area contributed by atoms with Crippen LogP contribution in [0.4, 0.5) is 9.52 Å². The molecule has 1 saturated heterocycles. The average Bonchev–Trinajstić information content (AvgIpc) is 3.15. The van der Waals surface area contributed by atoms with E-state index in [0.29, 0.717) is 5.92 Å². The zero-order valence-electron chi connectivity index (χ0n) is 17.4. The Kier molecular flexibility index (Phi) is 7.82. The normalized spacial score (nSPS) is 18.0. The number of halogens is 1. The standard InChI is InChI=1S/C22H33FN4S/c1-4-26(17-21-14-24-22(28-21)25(2)3)15-19-8-6-11-27(16-19)12-10-18-7-5-9-20(23)13-18/h5,7,9,13-14,19H,4,6,8,10-12,15-17H2,1-3H3. The molecule has 0 N–H and O–H groups in total. The summed E-state index contributed by atoms with van der Waals surface area (Å²) in [6.07, 6.45) is 5.51. The van der Waals surface area contributed by atoms with E-state index in [9.17, 15) is 4.39 Å². The van der Waals surface area contributed by atoms with Crippen LogP contribution in [0.2, 0.25) is 0 Å². The lowest BCUT2D eigenvalue weighted by molar-refractivity contribution is 0.133.